The van der Waals surface area contributed by atoms with E-state index in [4.69, 9.17) is 17.5 Å². The smallest absolute Gasteiger partial charge is 0.759 e. The summed E-state index contributed by atoms with van der Waals surface area (Å²) in [6.07, 6.45) is 0. The van der Waals surface area contributed by atoms with E-state index in [1.807, 2.05) is 0 Å². The van der Waals surface area contributed by atoms with Gasteiger partial charge in [0, 0.05) is 10.4 Å². The van der Waals surface area contributed by atoms with Gasteiger partial charge in [0.2, 0.25) is 0 Å². The van der Waals surface area contributed by atoms with Crippen LogP contribution in [0.2, 0.25) is 0 Å². The Morgan fingerprint density at radius 2 is 1.12 bits per heavy atom. The maximum Gasteiger partial charge on any atom is 2.00 e. The van der Waals surface area contributed by atoms with Crippen molar-refractivity contribution in [3.8, 4) is 0 Å². The normalized spacial score (nSPS) is 7.75. The molecule has 0 atom stereocenters. The third-order valence-electron chi connectivity index (χ3n) is 0. The van der Waals surface area contributed by atoms with Gasteiger partial charge < -0.3 is 9.11 Å². The fraction of sp³-hybridized carbons (Fsp3) is 0. The van der Waals surface area contributed by atoms with Crippen molar-refractivity contribution in [1.29, 1.82) is 0 Å². The van der Waals surface area contributed by atoms with E-state index in [1.165, 1.54) is 0 Å². The van der Waals surface area contributed by atoms with Gasteiger partial charge in [-0.15, -0.1) is 13.2 Å². The Hall–Kier alpha value is 0.129. The first-order valence-electron chi connectivity index (χ1n) is 1.17. The predicted molar refractivity (Wildman–Crippen MR) is 21.7 cm³/mol. The molecule has 0 fully saturated rings. The van der Waals surface area contributed by atoms with Crippen LogP contribution < -0.4 is 0 Å². The van der Waals surface area contributed by atoms with Gasteiger partial charge >= 0.3 is 17.1 Å². The van der Waals surface area contributed by atoms with Gasteiger partial charge in [0.25, 0.3) is 0 Å². The second kappa shape index (κ2) is 7.13. The first-order valence-corrected chi connectivity index (χ1v) is 2.50. The molecule has 0 bridgehead atoms. The van der Waals surface area contributed by atoms with E-state index in [-0.39, 0.29) is 17.1 Å². The summed E-state index contributed by atoms with van der Waals surface area (Å²) in [5.41, 5.74) is 0. The molecule has 0 aliphatic rings. The third-order valence-corrected chi connectivity index (χ3v) is 0. The predicted octanol–water partition coefficient (Wildman–Crippen LogP) is -0.538. The summed E-state index contributed by atoms with van der Waals surface area (Å²) in [7, 11) is -5.17. The molecule has 1 radical (unpaired) electrons. The summed E-state index contributed by atoms with van der Waals surface area (Å²) in [6.45, 7) is 6.00. The van der Waals surface area contributed by atoms with Gasteiger partial charge in [0.05, 0.1) is 0 Å². The quantitative estimate of drug-likeness (QED) is 0.221. The summed E-state index contributed by atoms with van der Waals surface area (Å²) in [6, 6.07) is 0. The Labute approximate surface area is 58.6 Å². The summed E-state index contributed by atoms with van der Waals surface area (Å²) >= 11 is 0. The monoisotopic (exact) mass is 187 g/mol. The fourth-order valence-electron chi connectivity index (χ4n) is 0. The van der Waals surface area contributed by atoms with E-state index in [0.717, 1.165) is 0 Å². The summed E-state index contributed by atoms with van der Waals surface area (Å²) in [5.74, 6) is 0. The average molecular weight is 188 g/mol. The minimum Gasteiger partial charge on any atom is -0.759 e. The van der Waals surface area contributed by atoms with Crippen molar-refractivity contribution in [3.63, 3.8) is 0 Å². The molecule has 0 heterocycles. The van der Waals surface area contributed by atoms with Crippen LogP contribution in [0.3, 0.4) is 0 Å². The Morgan fingerprint density at radius 1 is 1.12 bits per heavy atom. The Kier molecular flexibility index (Phi) is 14.0. The molecule has 0 aliphatic heterocycles. The van der Waals surface area contributed by atoms with Crippen LogP contribution in [0.1, 0.15) is 0 Å². The molecule has 6 heteroatoms. The second-order valence-corrected chi connectivity index (χ2v) is 1.22. The molecule has 0 saturated carbocycles. The van der Waals surface area contributed by atoms with Crippen LogP contribution in [0.15, 0.2) is 13.2 Å². The van der Waals surface area contributed by atoms with Gasteiger partial charge in [0.1, 0.15) is 0 Å². The van der Waals surface area contributed by atoms with Crippen molar-refractivity contribution >= 4 is 10.4 Å². The first-order chi connectivity index (χ1) is 3.00. The zero-order chi connectivity index (χ0) is 6.50. The Bertz CT molecular complexity index is 108. The molecule has 4 nitrogen and oxygen atoms in total. The van der Waals surface area contributed by atoms with Crippen LogP contribution in [-0.2, 0) is 27.5 Å². The van der Waals surface area contributed by atoms with Gasteiger partial charge in [-0.25, -0.2) is 0 Å². The molecule has 8 heavy (non-hydrogen) atoms. The van der Waals surface area contributed by atoms with Crippen molar-refractivity contribution in [2.24, 2.45) is 0 Å². The van der Waals surface area contributed by atoms with Crippen LogP contribution in [0.4, 0.5) is 0 Å². The van der Waals surface area contributed by atoms with Crippen molar-refractivity contribution in [1.82, 2.24) is 0 Å². The second-order valence-electron chi connectivity index (χ2n) is 0.408. The Balaban J connectivity index is -0.0000000750. The van der Waals surface area contributed by atoms with Crippen molar-refractivity contribution in [2.45, 2.75) is 0 Å². The SMILES string of the molecule is C=C.O=S(=O)([O-])[O-].[Cu+2]. The van der Waals surface area contributed by atoms with Crippen LogP contribution in [0.5, 0.6) is 0 Å². The summed E-state index contributed by atoms with van der Waals surface area (Å²) in [4.78, 5) is 0. The molecule has 0 rings (SSSR count). The number of hydrogen-bond acceptors (Lipinski definition) is 4. The van der Waals surface area contributed by atoms with Gasteiger partial charge in [-0.3, -0.25) is 8.42 Å². The van der Waals surface area contributed by atoms with Crippen molar-refractivity contribution in [2.75, 3.05) is 0 Å². The van der Waals surface area contributed by atoms with E-state index in [1.54, 1.807) is 0 Å². The maximum absolute atomic E-state index is 8.52. The van der Waals surface area contributed by atoms with Crippen molar-refractivity contribution < 1.29 is 34.6 Å². The van der Waals surface area contributed by atoms with Crippen LogP contribution >= 0.6 is 0 Å². The average Bonchev–Trinajstić information content (AvgIpc) is 1.36. The molecular weight excluding hydrogens is 184 g/mol. The molecule has 0 spiro atoms. The van der Waals surface area contributed by atoms with E-state index >= 15 is 0 Å². The van der Waals surface area contributed by atoms with Crippen LogP contribution in [0, 0.1) is 0 Å². The summed E-state index contributed by atoms with van der Waals surface area (Å²) in [5, 5.41) is 0. The molecular formula is C2H4CuO4S. The Morgan fingerprint density at radius 3 is 1.12 bits per heavy atom. The van der Waals surface area contributed by atoms with Gasteiger partial charge in [-0.05, 0) is 0 Å². The molecule has 0 saturated heterocycles. The van der Waals surface area contributed by atoms with E-state index in [0.29, 0.717) is 0 Å². The fourth-order valence-corrected chi connectivity index (χ4v) is 0. The largest absolute Gasteiger partial charge is 2.00 e. The number of hydrogen-bond donors (Lipinski definition) is 0. The molecule has 53 valence electrons. The standard InChI is InChI=1S/C2H4.Cu.H2O4S/c1-2;;1-5(2,3)4/h1-2H2;;(H2,1,2,3,4)/q;+2;/p-2. The molecule has 0 aromatic rings. The van der Waals surface area contributed by atoms with Gasteiger partial charge in [0.15, 0.2) is 0 Å². The van der Waals surface area contributed by atoms with E-state index < -0.39 is 10.4 Å². The van der Waals surface area contributed by atoms with Gasteiger partial charge in [-0.1, -0.05) is 0 Å². The minimum absolute atomic E-state index is 0. The topological polar surface area (TPSA) is 80.3 Å². The molecule has 0 unspecified atom stereocenters. The molecule has 0 amide bonds. The van der Waals surface area contributed by atoms with Crippen LogP contribution in [-0.4, -0.2) is 17.5 Å². The van der Waals surface area contributed by atoms with Crippen LogP contribution in [0.25, 0.3) is 0 Å². The van der Waals surface area contributed by atoms with Gasteiger partial charge in [-0.2, -0.15) is 0 Å². The summed E-state index contributed by atoms with van der Waals surface area (Å²) < 4.78 is 34.1. The third kappa shape index (κ3) is 9620. The molecule has 0 aromatic heterocycles. The van der Waals surface area contributed by atoms with E-state index in [2.05, 4.69) is 13.2 Å². The number of rotatable bonds is 0. The molecule has 0 aromatic carbocycles. The van der Waals surface area contributed by atoms with Crippen molar-refractivity contribution in [3.05, 3.63) is 13.2 Å². The minimum atomic E-state index is -5.17. The zero-order valence-electron chi connectivity index (χ0n) is 3.76. The molecule has 0 N–H and O–H groups in total. The first kappa shape index (κ1) is 15.7. The maximum atomic E-state index is 8.52. The molecule has 0 aliphatic carbocycles. The zero-order valence-corrected chi connectivity index (χ0v) is 5.52. The van der Waals surface area contributed by atoms with E-state index in [9.17, 15) is 0 Å².